The van der Waals surface area contributed by atoms with Crippen LogP contribution < -0.4 is 16.6 Å². The molecule has 1 atom stereocenters. The summed E-state index contributed by atoms with van der Waals surface area (Å²) in [5.74, 6) is -1.14. The SMILES string of the molecule is CCOC(=O)C1=C(c2ccccc2)Nc2c(c(=O)n(C)c(=O)n2C)[C@@H]1c1ccc(Cl)c(Cl)c1. The molecule has 0 bridgehead atoms. The number of hydrogen-bond donors (Lipinski definition) is 1. The van der Waals surface area contributed by atoms with E-state index in [1.807, 2.05) is 30.3 Å². The normalized spacial score (nSPS) is 15.1. The van der Waals surface area contributed by atoms with E-state index < -0.39 is 23.1 Å². The largest absolute Gasteiger partial charge is 0.463 e. The van der Waals surface area contributed by atoms with Gasteiger partial charge in [-0.15, -0.1) is 0 Å². The van der Waals surface area contributed by atoms with Crippen LogP contribution >= 0.6 is 23.2 Å². The number of halogens is 2. The Hall–Kier alpha value is -3.29. The minimum Gasteiger partial charge on any atom is -0.463 e. The van der Waals surface area contributed by atoms with Crippen molar-refractivity contribution in [2.45, 2.75) is 12.8 Å². The smallest absolute Gasteiger partial charge is 0.337 e. The van der Waals surface area contributed by atoms with Gasteiger partial charge in [0.25, 0.3) is 5.56 Å². The maximum atomic E-state index is 13.4. The lowest BCUT2D eigenvalue weighted by Gasteiger charge is -2.32. The van der Waals surface area contributed by atoms with Gasteiger partial charge in [0.1, 0.15) is 5.82 Å². The van der Waals surface area contributed by atoms with Crippen LogP contribution in [0.15, 0.2) is 63.7 Å². The highest BCUT2D eigenvalue weighted by Gasteiger charge is 2.39. The lowest BCUT2D eigenvalue weighted by molar-refractivity contribution is -0.138. The van der Waals surface area contributed by atoms with Crippen molar-refractivity contribution in [1.29, 1.82) is 0 Å². The van der Waals surface area contributed by atoms with Gasteiger partial charge < -0.3 is 10.1 Å². The second-order valence-electron chi connectivity index (χ2n) is 7.57. The zero-order valence-corrected chi connectivity index (χ0v) is 19.7. The maximum Gasteiger partial charge on any atom is 0.337 e. The molecule has 0 aliphatic carbocycles. The summed E-state index contributed by atoms with van der Waals surface area (Å²) >= 11 is 12.4. The Morgan fingerprint density at radius 1 is 1.03 bits per heavy atom. The van der Waals surface area contributed by atoms with Crippen molar-refractivity contribution >= 4 is 40.7 Å². The summed E-state index contributed by atoms with van der Waals surface area (Å²) in [5, 5.41) is 3.79. The van der Waals surface area contributed by atoms with Crippen LogP contribution in [-0.2, 0) is 23.6 Å². The number of carbonyl (C=O) groups excluding carboxylic acids is 1. The first kappa shape index (κ1) is 22.9. The number of hydrogen-bond acceptors (Lipinski definition) is 5. The van der Waals surface area contributed by atoms with E-state index in [2.05, 4.69) is 5.32 Å². The summed E-state index contributed by atoms with van der Waals surface area (Å²) in [6, 6.07) is 14.1. The predicted molar refractivity (Wildman–Crippen MR) is 129 cm³/mol. The number of nitrogens with one attached hydrogen (secondary N) is 1. The van der Waals surface area contributed by atoms with E-state index in [0.29, 0.717) is 27.7 Å². The molecule has 0 saturated carbocycles. The lowest BCUT2D eigenvalue weighted by atomic mass is 9.81. The monoisotopic (exact) mass is 485 g/mol. The predicted octanol–water partition coefficient (Wildman–Crippen LogP) is 3.92. The second kappa shape index (κ2) is 8.92. The van der Waals surface area contributed by atoms with Crippen LogP contribution in [0.25, 0.3) is 5.70 Å². The summed E-state index contributed by atoms with van der Waals surface area (Å²) in [6.07, 6.45) is 0. The van der Waals surface area contributed by atoms with Crippen molar-refractivity contribution < 1.29 is 9.53 Å². The standard InChI is InChI=1S/C24H21Cl2N3O4/c1-4-33-23(31)18-17(14-10-11-15(25)16(26)12-14)19-21(28(2)24(32)29(3)22(19)30)27-20(18)13-8-6-5-7-9-13/h5-12,17,27H,4H2,1-3H3/t17-/m1/s1. The van der Waals surface area contributed by atoms with Crippen molar-refractivity contribution in [3.8, 4) is 0 Å². The number of anilines is 1. The maximum absolute atomic E-state index is 13.4. The number of nitrogens with zero attached hydrogens (tertiary/aromatic N) is 2. The van der Waals surface area contributed by atoms with Crippen LogP contribution in [0.2, 0.25) is 10.0 Å². The first-order valence-electron chi connectivity index (χ1n) is 10.2. The topological polar surface area (TPSA) is 82.3 Å². The number of ether oxygens (including phenoxy) is 1. The number of esters is 1. The fraction of sp³-hybridized carbons (Fsp3) is 0.208. The van der Waals surface area contributed by atoms with E-state index in [9.17, 15) is 14.4 Å². The molecule has 1 aliphatic rings. The molecule has 2 heterocycles. The summed E-state index contributed by atoms with van der Waals surface area (Å²) in [4.78, 5) is 39.4. The fourth-order valence-corrected chi connectivity index (χ4v) is 4.35. The van der Waals surface area contributed by atoms with Gasteiger partial charge in [-0.25, -0.2) is 9.59 Å². The molecule has 1 N–H and O–H groups in total. The number of carbonyl (C=O) groups is 1. The summed E-state index contributed by atoms with van der Waals surface area (Å²) in [5.41, 5.74) is 1.17. The van der Waals surface area contributed by atoms with Gasteiger partial charge in [0.2, 0.25) is 0 Å². The van der Waals surface area contributed by atoms with E-state index in [4.69, 9.17) is 27.9 Å². The minimum atomic E-state index is -0.851. The average molecular weight is 486 g/mol. The molecule has 1 aliphatic heterocycles. The third-order valence-electron chi connectivity index (χ3n) is 5.62. The first-order valence-corrected chi connectivity index (χ1v) is 11.0. The van der Waals surface area contributed by atoms with Crippen LogP contribution in [0.3, 0.4) is 0 Å². The molecule has 0 fully saturated rings. The molecule has 0 amide bonds. The molecule has 33 heavy (non-hydrogen) atoms. The van der Waals surface area contributed by atoms with Gasteiger partial charge in [-0.3, -0.25) is 13.9 Å². The molecule has 9 heteroatoms. The second-order valence-corrected chi connectivity index (χ2v) is 8.39. The van der Waals surface area contributed by atoms with Gasteiger partial charge >= 0.3 is 11.7 Å². The molecule has 1 aromatic heterocycles. The van der Waals surface area contributed by atoms with Crippen molar-refractivity contribution in [3.63, 3.8) is 0 Å². The Bertz CT molecular complexity index is 1410. The highest BCUT2D eigenvalue weighted by molar-refractivity contribution is 6.42. The number of rotatable bonds is 4. The minimum absolute atomic E-state index is 0.149. The third-order valence-corrected chi connectivity index (χ3v) is 6.36. The zero-order valence-electron chi connectivity index (χ0n) is 18.2. The first-order chi connectivity index (χ1) is 15.8. The molecule has 0 unspecified atom stereocenters. The molecule has 7 nitrogen and oxygen atoms in total. The van der Waals surface area contributed by atoms with Gasteiger partial charge in [0, 0.05) is 14.1 Å². The van der Waals surface area contributed by atoms with Gasteiger partial charge in [0.15, 0.2) is 0 Å². The molecule has 170 valence electrons. The molecule has 0 radical (unpaired) electrons. The van der Waals surface area contributed by atoms with Crippen LogP contribution in [0.4, 0.5) is 5.82 Å². The zero-order chi connectivity index (χ0) is 23.9. The lowest BCUT2D eigenvalue weighted by Crippen LogP contribution is -2.43. The molecule has 2 aromatic carbocycles. The van der Waals surface area contributed by atoms with Crippen LogP contribution in [-0.4, -0.2) is 21.7 Å². The van der Waals surface area contributed by atoms with E-state index in [1.165, 1.54) is 11.6 Å². The number of fused-ring (bicyclic) bond motifs is 1. The van der Waals surface area contributed by atoms with E-state index >= 15 is 0 Å². The van der Waals surface area contributed by atoms with E-state index in [0.717, 1.165) is 4.57 Å². The highest BCUT2D eigenvalue weighted by Crippen LogP contribution is 2.43. The van der Waals surface area contributed by atoms with E-state index in [-0.39, 0.29) is 22.8 Å². The van der Waals surface area contributed by atoms with E-state index in [1.54, 1.807) is 32.2 Å². The van der Waals surface area contributed by atoms with Crippen molar-refractivity contribution in [2.24, 2.45) is 14.1 Å². The van der Waals surface area contributed by atoms with Gasteiger partial charge in [0.05, 0.1) is 39.4 Å². The van der Waals surface area contributed by atoms with Gasteiger partial charge in [-0.2, -0.15) is 0 Å². The molecule has 3 aromatic rings. The molecule has 0 saturated heterocycles. The Morgan fingerprint density at radius 2 is 1.73 bits per heavy atom. The molecular weight excluding hydrogens is 465 g/mol. The molecular formula is C24H21Cl2N3O4. The van der Waals surface area contributed by atoms with Gasteiger partial charge in [-0.05, 0) is 30.2 Å². The Kier molecular flexibility index (Phi) is 6.19. The van der Waals surface area contributed by atoms with Gasteiger partial charge in [-0.1, -0.05) is 59.6 Å². The number of aromatic nitrogens is 2. The number of benzene rings is 2. The summed E-state index contributed by atoms with van der Waals surface area (Å²) < 4.78 is 7.77. The van der Waals surface area contributed by atoms with Crippen LogP contribution in [0.5, 0.6) is 0 Å². The van der Waals surface area contributed by atoms with Crippen molar-refractivity contribution in [1.82, 2.24) is 9.13 Å². The Labute approximate surface area is 199 Å². The summed E-state index contributed by atoms with van der Waals surface area (Å²) in [6.45, 7) is 1.86. The summed E-state index contributed by atoms with van der Waals surface area (Å²) in [7, 11) is 2.97. The Balaban J connectivity index is 2.15. The highest BCUT2D eigenvalue weighted by atomic mass is 35.5. The quantitative estimate of drug-likeness (QED) is 0.566. The van der Waals surface area contributed by atoms with Crippen molar-refractivity contribution in [3.05, 3.63) is 102 Å². The molecule has 0 spiro atoms. The molecule has 4 rings (SSSR count). The Morgan fingerprint density at radius 3 is 2.36 bits per heavy atom. The van der Waals surface area contributed by atoms with Crippen LogP contribution in [0, 0.1) is 0 Å². The fourth-order valence-electron chi connectivity index (χ4n) is 4.04. The van der Waals surface area contributed by atoms with Crippen molar-refractivity contribution in [2.75, 3.05) is 11.9 Å². The average Bonchev–Trinajstić information content (AvgIpc) is 2.82. The third kappa shape index (κ3) is 3.87. The van der Waals surface area contributed by atoms with Crippen LogP contribution in [0.1, 0.15) is 29.5 Å².